The van der Waals surface area contributed by atoms with Crippen LogP contribution in [0.1, 0.15) is 41.3 Å². The lowest BCUT2D eigenvalue weighted by atomic mass is 9.98. The summed E-state index contributed by atoms with van der Waals surface area (Å²) < 4.78 is 13.3. The molecule has 0 fully saturated rings. The predicted molar refractivity (Wildman–Crippen MR) is 84.0 cm³/mol. The number of amides is 1. The zero-order valence-electron chi connectivity index (χ0n) is 12.4. The number of carbonyl (C=O) groups excluding carboxylic acids is 1. The molecule has 110 valence electrons. The molecule has 0 heterocycles. The maximum atomic E-state index is 13.3. The molecule has 2 aromatic carbocycles. The van der Waals surface area contributed by atoms with Crippen LogP contribution < -0.4 is 11.1 Å². The van der Waals surface area contributed by atoms with Crippen molar-refractivity contribution in [3.63, 3.8) is 0 Å². The maximum absolute atomic E-state index is 13.3. The zero-order valence-corrected chi connectivity index (χ0v) is 12.4. The van der Waals surface area contributed by atoms with Gasteiger partial charge in [0, 0.05) is 11.4 Å². The second-order valence-electron chi connectivity index (χ2n) is 5.38. The van der Waals surface area contributed by atoms with Crippen LogP contribution in [0.25, 0.3) is 0 Å². The third kappa shape index (κ3) is 3.21. The smallest absolute Gasteiger partial charge is 0.257 e. The van der Waals surface area contributed by atoms with Gasteiger partial charge in [0.2, 0.25) is 0 Å². The standard InChI is InChI=1S/C17H19FN2O/c1-10(2)13-6-4-5-11(3)16(13)20-17(21)14-9-12(18)7-8-15(14)19/h4-10H,19H2,1-3H3,(H,20,21). The van der Waals surface area contributed by atoms with Crippen molar-refractivity contribution in [1.29, 1.82) is 0 Å². The van der Waals surface area contributed by atoms with Gasteiger partial charge in [-0.3, -0.25) is 4.79 Å². The highest BCUT2D eigenvalue weighted by molar-refractivity contribution is 6.08. The molecule has 0 radical (unpaired) electrons. The molecule has 0 atom stereocenters. The van der Waals surface area contributed by atoms with Crippen LogP contribution in [0.15, 0.2) is 36.4 Å². The largest absolute Gasteiger partial charge is 0.398 e. The topological polar surface area (TPSA) is 55.1 Å². The van der Waals surface area contributed by atoms with Gasteiger partial charge in [0.05, 0.1) is 5.56 Å². The lowest BCUT2D eigenvalue weighted by molar-refractivity contribution is 0.102. The summed E-state index contributed by atoms with van der Waals surface area (Å²) in [5.41, 5.74) is 8.92. The van der Waals surface area contributed by atoms with Crippen molar-refractivity contribution in [2.24, 2.45) is 0 Å². The average molecular weight is 286 g/mol. The Bertz CT molecular complexity index is 680. The highest BCUT2D eigenvalue weighted by Gasteiger charge is 2.15. The molecule has 2 aromatic rings. The molecule has 0 saturated carbocycles. The summed E-state index contributed by atoms with van der Waals surface area (Å²) >= 11 is 0. The number of para-hydroxylation sites is 1. The number of nitrogens with one attached hydrogen (secondary N) is 1. The Balaban J connectivity index is 2.38. The Morgan fingerprint density at radius 2 is 1.95 bits per heavy atom. The van der Waals surface area contributed by atoms with Gasteiger partial charge in [0.25, 0.3) is 5.91 Å². The van der Waals surface area contributed by atoms with Gasteiger partial charge in [-0.15, -0.1) is 0 Å². The molecular formula is C17H19FN2O. The molecule has 4 heteroatoms. The Morgan fingerprint density at radius 3 is 2.62 bits per heavy atom. The monoisotopic (exact) mass is 286 g/mol. The number of hydrogen-bond acceptors (Lipinski definition) is 2. The van der Waals surface area contributed by atoms with Gasteiger partial charge in [0.15, 0.2) is 0 Å². The Morgan fingerprint density at radius 1 is 1.24 bits per heavy atom. The number of nitrogens with two attached hydrogens (primary N) is 1. The number of aryl methyl sites for hydroxylation is 1. The van der Waals surface area contributed by atoms with Gasteiger partial charge in [-0.25, -0.2) is 4.39 Å². The summed E-state index contributed by atoms with van der Waals surface area (Å²) in [7, 11) is 0. The number of anilines is 2. The highest BCUT2D eigenvalue weighted by Crippen LogP contribution is 2.28. The van der Waals surface area contributed by atoms with E-state index in [0.717, 1.165) is 22.9 Å². The van der Waals surface area contributed by atoms with Crippen LogP contribution in [-0.4, -0.2) is 5.91 Å². The number of hydrogen-bond donors (Lipinski definition) is 2. The van der Waals surface area contributed by atoms with Crippen LogP contribution in [0.2, 0.25) is 0 Å². The summed E-state index contributed by atoms with van der Waals surface area (Å²) in [6.07, 6.45) is 0. The molecule has 0 aliphatic carbocycles. The fraction of sp³-hybridized carbons (Fsp3) is 0.235. The minimum atomic E-state index is -0.483. The third-order valence-electron chi connectivity index (χ3n) is 3.43. The van der Waals surface area contributed by atoms with Crippen LogP contribution in [0.4, 0.5) is 15.8 Å². The molecule has 3 N–H and O–H groups in total. The molecule has 1 amide bonds. The first kappa shape index (κ1) is 15.0. The fourth-order valence-corrected chi connectivity index (χ4v) is 2.25. The molecule has 0 unspecified atom stereocenters. The fourth-order valence-electron chi connectivity index (χ4n) is 2.25. The van der Waals surface area contributed by atoms with Crippen molar-refractivity contribution in [2.75, 3.05) is 11.1 Å². The van der Waals surface area contributed by atoms with E-state index in [-0.39, 0.29) is 17.2 Å². The summed E-state index contributed by atoms with van der Waals surface area (Å²) in [5.74, 6) is -0.614. The Labute approximate surface area is 124 Å². The third-order valence-corrected chi connectivity index (χ3v) is 3.43. The van der Waals surface area contributed by atoms with Crippen LogP contribution in [0.5, 0.6) is 0 Å². The minimum absolute atomic E-state index is 0.146. The molecule has 2 rings (SSSR count). The van der Waals surface area contributed by atoms with Crippen LogP contribution >= 0.6 is 0 Å². The van der Waals surface area contributed by atoms with Crippen molar-refractivity contribution in [1.82, 2.24) is 0 Å². The van der Waals surface area contributed by atoms with Crippen molar-refractivity contribution in [3.05, 3.63) is 58.9 Å². The Hall–Kier alpha value is -2.36. The summed E-state index contributed by atoms with van der Waals surface area (Å²) in [5, 5.41) is 2.86. The number of nitrogen functional groups attached to an aromatic ring is 1. The zero-order chi connectivity index (χ0) is 15.6. The number of rotatable bonds is 3. The molecule has 0 saturated heterocycles. The second kappa shape index (κ2) is 5.95. The van der Waals surface area contributed by atoms with Gasteiger partial charge in [-0.2, -0.15) is 0 Å². The van der Waals surface area contributed by atoms with E-state index >= 15 is 0 Å². The van der Waals surface area contributed by atoms with E-state index in [9.17, 15) is 9.18 Å². The first-order valence-corrected chi connectivity index (χ1v) is 6.86. The molecule has 0 spiro atoms. The number of carbonyl (C=O) groups is 1. The van der Waals surface area contributed by atoms with Gasteiger partial charge in [-0.1, -0.05) is 32.0 Å². The van der Waals surface area contributed by atoms with E-state index in [2.05, 4.69) is 19.2 Å². The lowest BCUT2D eigenvalue weighted by Gasteiger charge is -2.17. The van der Waals surface area contributed by atoms with Gasteiger partial charge in [0.1, 0.15) is 5.82 Å². The van der Waals surface area contributed by atoms with E-state index in [1.165, 1.54) is 12.1 Å². The van der Waals surface area contributed by atoms with Crippen molar-refractivity contribution in [2.45, 2.75) is 26.7 Å². The van der Waals surface area contributed by atoms with E-state index in [4.69, 9.17) is 5.73 Å². The molecule has 0 aromatic heterocycles. The summed E-state index contributed by atoms with van der Waals surface area (Å²) in [6, 6.07) is 9.64. The van der Waals surface area contributed by atoms with E-state index in [0.29, 0.717) is 0 Å². The number of benzene rings is 2. The molecule has 21 heavy (non-hydrogen) atoms. The van der Waals surface area contributed by atoms with Crippen LogP contribution in [0.3, 0.4) is 0 Å². The average Bonchev–Trinajstić information content (AvgIpc) is 2.43. The predicted octanol–water partition coefficient (Wildman–Crippen LogP) is 4.09. The van der Waals surface area contributed by atoms with Crippen LogP contribution in [0, 0.1) is 12.7 Å². The van der Waals surface area contributed by atoms with E-state index < -0.39 is 11.7 Å². The Kier molecular flexibility index (Phi) is 4.26. The first-order valence-electron chi connectivity index (χ1n) is 6.86. The van der Waals surface area contributed by atoms with Crippen molar-refractivity contribution < 1.29 is 9.18 Å². The summed E-state index contributed by atoms with van der Waals surface area (Å²) in [6.45, 7) is 6.04. The van der Waals surface area contributed by atoms with Crippen molar-refractivity contribution in [3.8, 4) is 0 Å². The van der Waals surface area contributed by atoms with Gasteiger partial charge in [-0.05, 0) is 42.2 Å². The normalized spacial score (nSPS) is 10.7. The molecule has 3 nitrogen and oxygen atoms in total. The first-order chi connectivity index (χ1) is 9.90. The van der Waals surface area contributed by atoms with Gasteiger partial charge < -0.3 is 11.1 Å². The molecular weight excluding hydrogens is 267 g/mol. The van der Waals surface area contributed by atoms with E-state index in [1.54, 1.807) is 0 Å². The van der Waals surface area contributed by atoms with Crippen molar-refractivity contribution >= 4 is 17.3 Å². The van der Waals surface area contributed by atoms with E-state index in [1.807, 2.05) is 25.1 Å². The van der Waals surface area contributed by atoms with Gasteiger partial charge >= 0.3 is 0 Å². The SMILES string of the molecule is Cc1cccc(C(C)C)c1NC(=O)c1cc(F)ccc1N. The highest BCUT2D eigenvalue weighted by atomic mass is 19.1. The second-order valence-corrected chi connectivity index (χ2v) is 5.38. The minimum Gasteiger partial charge on any atom is -0.398 e. The summed E-state index contributed by atoms with van der Waals surface area (Å²) in [4.78, 5) is 12.4. The lowest BCUT2D eigenvalue weighted by Crippen LogP contribution is -2.16. The quantitative estimate of drug-likeness (QED) is 0.835. The molecule has 0 bridgehead atoms. The maximum Gasteiger partial charge on any atom is 0.257 e. The molecule has 0 aliphatic heterocycles. The molecule has 0 aliphatic rings. The van der Waals surface area contributed by atoms with Crippen LogP contribution in [-0.2, 0) is 0 Å². The number of halogens is 1.